The van der Waals surface area contributed by atoms with Gasteiger partial charge in [-0.25, -0.2) is 0 Å². The standard InChI is InChI=1S/C15H22N2O3/c1-4-16-15(19)12-5-7-13(8-6-12)17-14(18)9-10-20-11(2)3/h5-8,11H,4,9-10H2,1-3H3,(H,16,19)(H,17,18). The van der Waals surface area contributed by atoms with Gasteiger partial charge in [0.2, 0.25) is 5.91 Å². The molecule has 0 aliphatic carbocycles. The summed E-state index contributed by atoms with van der Waals surface area (Å²) in [5, 5.41) is 5.48. The molecule has 0 unspecified atom stereocenters. The minimum atomic E-state index is -0.115. The van der Waals surface area contributed by atoms with Gasteiger partial charge in [-0.05, 0) is 45.0 Å². The van der Waals surface area contributed by atoms with Gasteiger partial charge in [0, 0.05) is 17.8 Å². The predicted molar refractivity (Wildman–Crippen MR) is 78.8 cm³/mol. The molecular formula is C15H22N2O3. The van der Waals surface area contributed by atoms with Gasteiger partial charge in [0.05, 0.1) is 19.1 Å². The molecule has 5 heteroatoms. The van der Waals surface area contributed by atoms with Gasteiger partial charge >= 0.3 is 0 Å². The van der Waals surface area contributed by atoms with Crippen LogP contribution < -0.4 is 10.6 Å². The average Bonchev–Trinajstić information content (AvgIpc) is 2.39. The molecule has 1 rings (SSSR count). The van der Waals surface area contributed by atoms with Crippen molar-refractivity contribution >= 4 is 17.5 Å². The molecule has 0 saturated carbocycles. The van der Waals surface area contributed by atoms with E-state index in [0.29, 0.717) is 30.8 Å². The molecule has 5 nitrogen and oxygen atoms in total. The van der Waals surface area contributed by atoms with E-state index in [-0.39, 0.29) is 17.9 Å². The van der Waals surface area contributed by atoms with Crippen molar-refractivity contribution in [2.45, 2.75) is 33.3 Å². The Hall–Kier alpha value is -1.88. The van der Waals surface area contributed by atoms with Crippen LogP contribution in [0.15, 0.2) is 24.3 Å². The van der Waals surface area contributed by atoms with Gasteiger partial charge in [-0.15, -0.1) is 0 Å². The van der Waals surface area contributed by atoms with Crippen LogP contribution in [-0.4, -0.2) is 31.1 Å². The molecule has 0 saturated heterocycles. The fourth-order valence-corrected chi connectivity index (χ4v) is 1.58. The first kappa shape index (κ1) is 16.2. The zero-order valence-corrected chi connectivity index (χ0v) is 12.2. The van der Waals surface area contributed by atoms with E-state index in [1.165, 1.54) is 0 Å². The second-order valence-corrected chi connectivity index (χ2v) is 4.65. The van der Waals surface area contributed by atoms with Crippen molar-refractivity contribution in [2.24, 2.45) is 0 Å². The van der Waals surface area contributed by atoms with Gasteiger partial charge < -0.3 is 15.4 Å². The van der Waals surface area contributed by atoms with Crippen LogP contribution in [-0.2, 0) is 9.53 Å². The SMILES string of the molecule is CCNC(=O)c1ccc(NC(=O)CCOC(C)C)cc1. The van der Waals surface area contributed by atoms with Crippen molar-refractivity contribution in [3.8, 4) is 0 Å². The number of carbonyl (C=O) groups excluding carboxylic acids is 2. The number of anilines is 1. The lowest BCUT2D eigenvalue weighted by molar-refractivity contribution is -0.117. The van der Waals surface area contributed by atoms with Crippen LogP contribution in [0.25, 0.3) is 0 Å². The summed E-state index contributed by atoms with van der Waals surface area (Å²) in [6.45, 7) is 6.72. The lowest BCUT2D eigenvalue weighted by Crippen LogP contribution is -2.22. The highest BCUT2D eigenvalue weighted by Gasteiger charge is 2.06. The first-order chi connectivity index (χ1) is 9.52. The van der Waals surface area contributed by atoms with Crippen molar-refractivity contribution in [1.82, 2.24) is 5.32 Å². The van der Waals surface area contributed by atoms with E-state index < -0.39 is 0 Å². The van der Waals surface area contributed by atoms with Crippen molar-refractivity contribution in [3.05, 3.63) is 29.8 Å². The number of hydrogen-bond donors (Lipinski definition) is 2. The molecule has 0 bridgehead atoms. The summed E-state index contributed by atoms with van der Waals surface area (Å²) < 4.78 is 5.31. The largest absolute Gasteiger partial charge is 0.378 e. The van der Waals surface area contributed by atoms with Crippen molar-refractivity contribution in [3.63, 3.8) is 0 Å². The van der Waals surface area contributed by atoms with E-state index in [1.807, 2.05) is 20.8 Å². The minimum absolute atomic E-state index is 0.101. The Labute approximate surface area is 119 Å². The van der Waals surface area contributed by atoms with Gasteiger partial charge in [-0.2, -0.15) is 0 Å². The molecule has 1 aromatic carbocycles. The number of ether oxygens (including phenoxy) is 1. The number of nitrogens with one attached hydrogen (secondary N) is 2. The summed E-state index contributed by atoms with van der Waals surface area (Å²) in [7, 11) is 0. The van der Waals surface area contributed by atoms with E-state index in [4.69, 9.17) is 4.74 Å². The van der Waals surface area contributed by atoms with Crippen LogP contribution in [0.4, 0.5) is 5.69 Å². The Balaban J connectivity index is 2.44. The molecule has 0 heterocycles. The molecule has 0 aliphatic heterocycles. The minimum Gasteiger partial charge on any atom is -0.378 e. The fourth-order valence-electron chi connectivity index (χ4n) is 1.58. The number of carbonyl (C=O) groups is 2. The zero-order valence-electron chi connectivity index (χ0n) is 12.2. The Morgan fingerprint density at radius 3 is 2.40 bits per heavy atom. The molecule has 0 aliphatic rings. The molecule has 0 atom stereocenters. The lowest BCUT2D eigenvalue weighted by atomic mass is 10.2. The van der Waals surface area contributed by atoms with E-state index in [0.717, 1.165) is 0 Å². The third-order valence-corrected chi connectivity index (χ3v) is 2.55. The number of hydrogen-bond acceptors (Lipinski definition) is 3. The third kappa shape index (κ3) is 5.84. The molecular weight excluding hydrogens is 256 g/mol. The molecule has 110 valence electrons. The predicted octanol–water partition coefficient (Wildman–Crippen LogP) is 2.19. The average molecular weight is 278 g/mol. The molecule has 2 amide bonds. The first-order valence-electron chi connectivity index (χ1n) is 6.82. The molecule has 0 aromatic heterocycles. The molecule has 1 aromatic rings. The lowest BCUT2D eigenvalue weighted by Gasteiger charge is -2.08. The first-order valence-corrected chi connectivity index (χ1v) is 6.82. The Kier molecular flexibility index (Phi) is 6.73. The van der Waals surface area contributed by atoms with Crippen molar-refractivity contribution < 1.29 is 14.3 Å². The van der Waals surface area contributed by atoms with Crippen LogP contribution in [0.1, 0.15) is 37.6 Å². The maximum atomic E-state index is 11.6. The van der Waals surface area contributed by atoms with Crippen molar-refractivity contribution in [2.75, 3.05) is 18.5 Å². The molecule has 20 heavy (non-hydrogen) atoms. The smallest absolute Gasteiger partial charge is 0.251 e. The van der Waals surface area contributed by atoms with Gasteiger partial charge in [-0.1, -0.05) is 0 Å². The van der Waals surface area contributed by atoms with Gasteiger partial charge in [0.15, 0.2) is 0 Å². The maximum absolute atomic E-state index is 11.6. The summed E-state index contributed by atoms with van der Waals surface area (Å²) in [6.07, 6.45) is 0.440. The second kappa shape index (κ2) is 8.32. The third-order valence-electron chi connectivity index (χ3n) is 2.55. The normalized spacial score (nSPS) is 10.4. The van der Waals surface area contributed by atoms with Crippen LogP contribution in [0, 0.1) is 0 Å². The van der Waals surface area contributed by atoms with E-state index in [9.17, 15) is 9.59 Å². The Morgan fingerprint density at radius 1 is 1.20 bits per heavy atom. The fraction of sp³-hybridized carbons (Fsp3) is 0.467. The van der Waals surface area contributed by atoms with E-state index >= 15 is 0 Å². The highest BCUT2D eigenvalue weighted by molar-refractivity contribution is 5.95. The number of rotatable bonds is 7. The number of benzene rings is 1. The van der Waals surface area contributed by atoms with Gasteiger partial charge in [0.25, 0.3) is 5.91 Å². The summed E-state index contributed by atoms with van der Waals surface area (Å²) in [5.41, 5.74) is 1.25. The highest BCUT2D eigenvalue weighted by atomic mass is 16.5. The maximum Gasteiger partial charge on any atom is 0.251 e. The topological polar surface area (TPSA) is 67.4 Å². The summed E-state index contributed by atoms with van der Waals surface area (Å²) in [6, 6.07) is 6.80. The number of amides is 2. The summed E-state index contributed by atoms with van der Waals surface area (Å²) >= 11 is 0. The molecule has 2 N–H and O–H groups in total. The second-order valence-electron chi connectivity index (χ2n) is 4.65. The molecule has 0 fully saturated rings. The zero-order chi connectivity index (χ0) is 15.0. The van der Waals surface area contributed by atoms with Gasteiger partial charge in [0.1, 0.15) is 0 Å². The van der Waals surface area contributed by atoms with E-state index in [2.05, 4.69) is 10.6 Å². The summed E-state index contributed by atoms with van der Waals surface area (Å²) in [4.78, 5) is 23.2. The van der Waals surface area contributed by atoms with Crippen LogP contribution in [0.5, 0.6) is 0 Å². The van der Waals surface area contributed by atoms with E-state index in [1.54, 1.807) is 24.3 Å². The summed E-state index contributed by atoms with van der Waals surface area (Å²) in [5.74, 6) is -0.216. The molecule has 0 radical (unpaired) electrons. The Morgan fingerprint density at radius 2 is 1.85 bits per heavy atom. The monoisotopic (exact) mass is 278 g/mol. The molecule has 0 spiro atoms. The van der Waals surface area contributed by atoms with Crippen LogP contribution in [0.2, 0.25) is 0 Å². The van der Waals surface area contributed by atoms with Gasteiger partial charge in [-0.3, -0.25) is 9.59 Å². The highest BCUT2D eigenvalue weighted by Crippen LogP contribution is 2.10. The van der Waals surface area contributed by atoms with Crippen LogP contribution in [0.3, 0.4) is 0 Å². The Bertz CT molecular complexity index is 441. The quantitative estimate of drug-likeness (QED) is 0.803. The van der Waals surface area contributed by atoms with Crippen LogP contribution >= 0.6 is 0 Å². The van der Waals surface area contributed by atoms with Crippen molar-refractivity contribution in [1.29, 1.82) is 0 Å².